The van der Waals surface area contributed by atoms with Gasteiger partial charge < -0.3 is 14.4 Å². The number of benzene rings is 2. The molecule has 0 aromatic heterocycles. The largest absolute Gasteiger partial charge is 0.496 e. The van der Waals surface area contributed by atoms with Crippen LogP contribution >= 0.6 is 0 Å². The Hall–Kier alpha value is -3.10. The molecule has 0 saturated carbocycles. The summed E-state index contributed by atoms with van der Waals surface area (Å²) < 4.78 is 24.3. The zero-order chi connectivity index (χ0) is 24.2. The maximum atomic E-state index is 13.6. The predicted octanol–water partition coefficient (Wildman–Crippen LogP) is 2.82. The molecule has 34 heavy (non-hydrogen) atoms. The number of rotatable bonds is 8. The molecule has 2 atom stereocenters. The number of aryl methyl sites for hydroxylation is 1. The quantitative estimate of drug-likeness (QED) is 0.337. The van der Waals surface area contributed by atoms with Gasteiger partial charge >= 0.3 is 0 Å². The van der Waals surface area contributed by atoms with Gasteiger partial charge in [-0.1, -0.05) is 12.1 Å². The Morgan fingerprint density at radius 1 is 1.09 bits per heavy atom. The number of morpholine rings is 1. The molecule has 0 aliphatic carbocycles. The van der Waals surface area contributed by atoms with E-state index in [0.717, 1.165) is 25.2 Å². The molecule has 2 fully saturated rings. The maximum Gasteiger partial charge on any atom is 0.291 e. The van der Waals surface area contributed by atoms with Crippen LogP contribution in [0.5, 0.6) is 5.75 Å². The molecular formula is C26H29FN2O5. The van der Waals surface area contributed by atoms with Gasteiger partial charge in [0.15, 0.2) is 5.78 Å². The van der Waals surface area contributed by atoms with Crippen LogP contribution < -0.4 is 4.74 Å². The topological polar surface area (TPSA) is 76.2 Å². The molecule has 1 amide bonds. The summed E-state index contributed by atoms with van der Waals surface area (Å²) in [6.45, 7) is 5.91. The highest BCUT2D eigenvalue weighted by molar-refractivity contribution is 6.44. The van der Waals surface area contributed by atoms with Crippen molar-refractivity contribution in [2.24, 2.45) is 5.92 Å². The molecule has 2 aromatic rings. The van der Waals surface area contributed by atoms with Gasteiger partial charge in [0.05, 0.1) is 26.4 Å². The molecule has 0 radical (unpaired) electrons. The van der Waals surface area contributed by atoms with Gasteiger partial charge in [0.2, 0.25) is 5.78 Å². The maximum absolute atomic E-state index is 13.6. The summed E-state index contributed by atoms with van der Waals surface area (Å²) >= 11 is 0. The Labute approximate surface area is 198 Å². The monoisotopic (exact) mass is 468 g/mol. The van der Waals surface area contributed by atoms with Crippen molar-refractivity contribution in [3.63, 3.8) is 0 Å². The lowest BCUT2D eigenvalue weighted by Crippen LogP contribution is -2.39. The van der Waals surface area contributed by atoms with E-state index >= 15 is 0 Å². The summed E-state index contributed by atoms with van der Waals surface area (Å²) in [5, 5.41) is 0. The second-order valence-electron chi connectivity index (χ2n) is 8.69. The third-order valence-corrected chi connectivity index (χ3v) is 6.56. The molecule has 2 aliphatic rings. The number of carbonyl (C=O) groups excluding carboxylic acids is 3. The van der Waals surface area contributed by atoms with Crippen LogP contribution in [-0.4, -0.2) is 73.8 Å². The molecule has 2 unspecified atom stereocenters. The van der Waals surface area contributed by atoms with Gasteiger partial charge in [-0.3, -0.25) is 19.3 Å². The number of ether oxygens (including phenoxy) is 2. The minimum Gasteiger partial charge on any atom is -0.496 e. The van der Waals surface area contributed by atoms with Gasteiger partial charge in [-0.15, -0.1) is 0 Å². The van der Waals surface area contributed by atoms with Crippen LogP contribution in [-0.2, 0) is 14.3 Å². The fourth-order valence-corrected chi connectivity index (χ4v) is 4.76. The standard InChI is InChI=1S/C26H29FN2O5/c1-17-16-19(6-9-21(17)33-2)24(30)22-23(18-4-7-20(27)8-5-18)29(26(32)25(22)31)11-3-10-28-12-14-34-15-13-28/h4-9,16,22-23H,3,10-15H2,1-2H3. The summed E-state index contributed by atoms with van der Waals surface area (Å²) in [5.41, 5.74) is 1.66. The fourth-order valence-electron chi connectivity index (χ4n) is 4.76. The van der Waals surface area contributed by atoms with Crippen molar-refractivity contribution < 1.29 is 28.2 Å². The summed E-state index contributed by atoms with van der Waals surface area (Å²) in [6.07, 6.45) is 0.652. The highest BCUT2D eigenvalue weighted by Crippen LogP contribution is 2.38. The van der Waals surface area contributed by atoms with E-state index in [1.807, 2.05) is 6.92 Å². The molecule has 0 spiro atoms. The number of methoxy groups -OCH3 is 1. The number of ketones is 2. The first kappa shape index (κ1) is 24.0. The van der Waals surface area contributed by atoms with E-state index < -0.39 is 35.3 Å². The Balaban J connectivity index is 1.61. The van der Waals surface area contributed by atoms with Crippen LogP contribution in [0.2, 0.25) is 0 Å². The molecule has 7 nitrogen and oxygen atoms in total. The fraction of sp³-hybridized carbons (Fsp3) is 0.423. The van der Waals surface area contributed by atoms with Crippen LogP contribution in [0.1, 0.15) is 33.9 Å². The Bertz CT molecular complexity index is 1070. The highest BCUT2D eigenvalue weighted by atomic mass is 19.1. The number of hydrogen-bond acceptors (Lipinski definition) is 6. The van der Waals surface area contributed by atoms with E-state index in [2.05, 4.69) is 4.90 Å². The number of carbonyl (C=O) groups is 3. The van der Waals surface area contributed by atoms with Gasteiger partial charge in [-0.05, 0) is 54.8 Å². The van der Waals surface area contributed by atoms with Crippen LogP contribution in [0.3, 0.4) is 0 Å². The summed E-state index contributed by atoms with van der Waals surface area (Å²) in [7, 11) is 1.54. The first-order valence-corrected chi connectivity index (χ1v) is 11.5. The van der Waals surface area contributed by atoms with E-state index in [0.29, 0.717) is 43.1 Å². The number of amides is 1. The van der Waals surface area contributed by atoms with Crippen molar-refractivity contribution in [1.82, 2.24) is 9.80 Å². The molecule has 2 heterocycles. The lowest BCUT2D eigenvalue weighted by molar-refractivity contribution is -0.140. The van der Waals surface area contributed by atoms with E-state index in [4.69, 9.17) is 9.47 Å². The minimum atomic E-state index is -1.19. The van der Waals surface area contributed by atoms with Crippen molar-refractivity contribution in [3.8, 4) is 5.75 Å². The van der Waals surface area contributed by atoms with E-state index in [-0.39, 0.29) is 0 Å². The second kappa shape index (κ2) is 10.4. The molecule has 2 aromatic carbocycles. The average molecular weight is 469 g/mol. The minimum absolute atomic E-state index is 0.329. The van der Waals surface area contributed by atoms with Gasteiger partial charge in [0.25, 0.3) is 5.91 Å². The Kier molecular flexibility index (Phi) is 7.38. The van der Waals surface area contributed by atoms with Crippen molar-refractivity contribution in [2.45, 2.75) is 19.4 Å². The first-order valence-electron chi connectivity index (χ1n) is 11.5. The summed E-state index contributed by atoms with van der Waals surface area (Å²) in [6, 6.07) is 9.83. The molecule has 0 bridgehead atoms. The van der Waals surface area contributed by atoms with Crippen LogP contribution in [0.4, 0.5) is 4.39 Å². The lowest BCUT2D eigenvalue weighted by Gasteiger charge is -2.30. The van der Waals surface area contributed by atoms with Crippen LogP contribution in [0, 0.1) is 18.7 Å². The normalized spacial score (nSPS) is 21.2. The number of hydrogen-bond donors (Lipinski definition) is 0. The molecule has 0 N–H and O–H groups in total. The lowest BCUT2D eigenvalue weighted by atomic mass is 9.86. The third-order valence-electron chi connectivity index (χ3n) is 6.56. The average Bonchev–Trinajstić information content (AvgIpc) is 3.09. The summed E-state index contributed by atoms with van der Waals surface area (Å²) in [5.74, 6) is -2.79. The van der Waals surface area contributed by atoms with Gasteiger partial charge in [0.1, 0.15) is 17.5 Å². The van der Waals surface area contributed by atoms with Gasteiger partial charge in [-0.25, -0.2) is 4.39 Å². The van der Waals surface area contributed by atoms with E-state index in [9.17, 15) is 18.8 Å². The highest BCUT2D eigenvalue weighted by Gasteiger charge is 2.51. The van der Waals surface area contributed by atoms with Gasteiger partial charge in [-0.2, -0.15) is 0 Å². The number of nitrogens with zero attached hydrogens (tertiary/aromatic N) is 2. The molecular weight excluding hydrogens is 439 g/mol. The molecule has 8 heteroatoms. The molecule has 4 rings (SSSR count). The number of likely N-dealkylation sites (tertiary alicyclic amines) is 1. The van der Waals surface area contributed by atoms with Crippen LogP contribution in [0.15, 0.2) is 42.5 Å². The van der Waals surface area contributed by atoms with Gasteiger partial charge in [0, 0.05) is 31.7 Å². The Morgan fingerprint density at radius 3 is 2.44 bits per heavy atom. The zero-order valence-corrected chi connectivity index (χ0v) is 19.5. The van der Waals surface area contributed by atoms with Crippen molar-refractivity contribution in [1.29, 1.82) is 0 Å². The SMILES string of the molecule is COc1ccc(C(=O)C2C(=O)C(=O)N(CCCN3CCOCC3)C2c2ccc(F)cc2)cc1C. The molecule has 180 valence electrons. The number of Topliss-reactive ketones (excluding diaryl/α,β-unsaturated/α-hetero) is 2. The second-order valence-corrected chi connectivity index (χ2v) is 8.69. The van der Waals surface area contributed by atoms with Crippen molar-refractivity contribution >= 4 is 17.5 Å². The number of halogens is 1. The Morgan fingerprint density at radius 2 is 1.79 bits per heavy atom. The zero-order valence-electron chi connectivity index (χ0n) is 19.5. The summed E-state index contributed by atoms with van der Waals surface area (Å²) in [4.78, 5) is 43.4. The van der Waals surface area contributed by atoms with Crippen molar-refractivity contribution in [2.75, 3.05) is 46.5 Å². The van der Waals surface area contributed by atoms with Crippen molar-refractivity contribution in [3.05, 3.63) is 65.0 Å². The predicted molar refractivity (Wildman–Crippen MR) is 123 cm³/mol. The molecule has 2 aliphatic heterocycles. The van der Waals surface area contributed by atoms with Crippen LogP contribution in [0.25, 0.3) is 0 Å². The third kappa shape index (κ3) is 4.88. The smallest absolute Gasteiger partial charge is 0.291 e. The first-order chi connectivity index (χ1) is 16.4. The van der Waals surface area contributed by atoms with E-state index in [1.165, 1.54) is 17.0 Å². The van der Waals surface area contributed by atoms with E-state index in [1.54, 1.807) is 37.4 Å². The molecule has 2 saturated heterocycles.